The number of hydrogen-bond acceptors (Lipinski definition) is 14. The van der Waals surface area contributed by atoms with E-state index in [2.05, 4.69) is 59.0 Å². The van der Waals surface area contributed by atoms with Crippen molar-refractivity contribution in [2.75, 3.05) is 34.2 Å². The Morgan fingerprint density at radius 3 is 1.36 bits per heavy atom. The van der Waals surface area contributed by atoms with Gasteiger partial charge < -0.3 is 55.3 Å². The molecule has 0 spiro atoms. The van der Waals surface area contributed by atoms with E-state index in [0.29, 0.717) is 24.3 Å². The van der Waals surface area contributed by atoms with E-state index in [4.69, 9.17) is 42.9 Å². The fraction of sp³-hybridized carbons (Fsp3) is 0.312. The van der Waals surface area contributed by atoms with Crippen LogP contribution in [0, 0.1) is 0 Å². The molecule has 1 saturated heterocycles. The smallest absolute Gasteiger partial charge is 0.328 e. The average Bonchev–Trinajstić information content (AvgIpc) is 3.47. The van der Waals surface area contributed by atoms with Crippen molar-refractivity contribution in [3.8, 4) is 0 Å². The molecule has 67 heavy (non-hydrogen) atoms. The summed E-state index contributed by atoms with van der Waals surface area (Å²) in [5, 5.41) is 56.7. The Morgan fingerprint density at radius 1 is 0.612 bits per heavy atom. The molecule has 1 aromatic heterocycles. The number of carboxylic acid groups (broad SMARTS) is 4. The summed E-state index contributed by atoms with van der Waals surface area (Å²) in [6.07, 6.45) is 7.87. The maximum atomic E-state index is 9.73. The van der Waals surface area contributed by atoms with Crippen molar-refractivity contribution >= 4 is 39.8 Å². The number of benzene rings is 3. The quantitative estimate of drug-likeness (QED) is 0.0618. The molecule has 6 rings (SSSR count). The Balaban J connectivity index is 0.000000433. The molecular formula is C48H60N4O14S-2. The van der Waals surface area contributed by atoms with E-state index >= 15 is 0 Å². The van der Waals surface area contributed by atoms with Crippen LogP contribution in [0.1, 0.15) is 72.4 Å². The number of carbonyl (C=O) groups is 4. The lowest BCUT2D eigenvalue weighted by Gasteiger charge is -2.27. The molecule has 2 heterocycles. The number of nitrogens with one attached hydrogen (secondary N) is 2. The number of fused-ring (bicyclic) bond motifs is 2. The highest BCUT2D eigenvalue weighted by Gasteiger charge is 2.24. The number of carboxylic acids is 4. The number of aliphatic carboxylic acids is 4. The number of pyridine rings is 1. The Hall–Kier alpha value is -6.42. The number of aryl methyl sites for hydroxylation is 2. The fourth-order valence-corrected chi connectivity index (χ4v) is 6.22. The maximum absolute atomic E-state index is 9.73. The molecular weight excluding hydrogens is 889 g/mol. The summed E-state index contributed by atoms with van der Waals surface area (Å²) in [6.45, 7) is 6.22. The standard InChI is InChI=1S/C20H22N2.2C10H15NO.2C4H4O4.H2O4S/c1-22-13-10-16(11-14-22)19-18-7-3-2-5-15(18)8-9-17-6-4-12-21-20(17)19;2*1-8(11-2)10(12)9-6-4-3-5-7-9;2*5-3(6)1-2-4(7)8;1-5(2,3)4/h2-7,12H,8-11,13-14H2,1H3;2*3-8,10-12H,1-2H3;2*1-2H,(H,5,6)(H,7,8);(H2,1,2,3,4)/p-2/b;;;2*2-1-;/t;2*8-,10?;;;/m.00.../s1. The van der Waals surface area contributed by atoms with Crippen molar-refractivity contribution in [3.63, 3.8) is 0 Å². The zero-order valence-corrected chi connectivity index (χ0v) is 38.7. The second kappa shape index (κ2) is 31.5. The first-order chi connectivity index (χ1) is 31.6. The predicted octanol–water partition coefficient (Wildman–Crippen LogP) is 4.45. The van der Waals surface area contributed by atoms with Crippen LogP contribution < -0.4 is 10.6 Å². The third-order valence-electron chi connectivity index (χ3n) is 9.90. The molecule has 4 atom stereocenters. The van der Waals surface area contributed by atoms with Crippen molar-refractivity contribution in [3.05, 3.63) is 167 Å². The topological polar surface area (TPSA) is 310 Å². The van der Waals surface area contributed by atoms with Crippen LogP contribution in [0.2, 0.25) is 0 Å². The van der Waals surface area contributed by atoms with Crippen LogP contribution in [0.25, 0.3) is 5.57 Å². The number of rotatable bonds is 10. The number of hydrogen-bond donors (Lipinski definition) is 8. The number of likely N-dealkylation sites (tertiary alicyclic amines) is 1. The summed E-state index contributed by atoms with van der Waals surface area (Å²) in [7, 11) is 0.738. The normalized spacial score (nSPS) is 14.8. The lowest BCUT2D eigenvalue weighted by molar-refractivity contribution is -0.134. The van der Waals surface area contributed by atoms with E-state index in [-0.39, 0.29) is 12.1 Å². The Morgan fingerprint density at radius 2 is 0.970 bits per heavy atom. The molecule has 2 aliphatic rings. The van der Waals surface area contributed by atoms with Gasteiger partial charge >= 0.3 is 23.9 Å². The third kappa shape index (κ3) is 25.2. The molecule has 18 nitrogen and oxygen atoms in total. The van der Waals surface area contributed by atoms with Crippen LogP contribution in [0.5, 0.6) is 0 Å². The third-order valence-corrected chi connectivity index (χ3v) is 9.90. The Kier molecular flexibility index (Phi) is 27.5. The van der Waals surface area contributed by atoms with Gasteiger partial charge in [0, 0.05) is 71.6 Å². The van der Waals surface area contributed by atoms with Crippen LogP contribution in [0.15, 0.2) is 133 Å². The van der Waals surface area contributed by atoms with E-state index in [9.17, 15) is 29.4 Å². The first-order valence-corrected chi connectivity index (χ1v) is 22.1. The summed E-state index contributed by atoms with van der Waals surface area (Å²) < 4.78 is 34.1. The highest BCUT2D eigenvalue weighted by molar-refractivity contribution is 7.79. The minimum absolute atomic E-state index is 0.0902. The predicted molar refractivity (Wildman–Crippen MR) is 250 cm³/mol. The summed E-state index contributed by atoms with van der Waals surface area (Å²) in [5.41, 5.74) is 10.5. The van der Waals surface area contributed by atoms with E-state index < -0.39 is 46.5 Å². The van der Waals surface area contributed by atoms with Crippen molar-refractivity contribution in [1.29, 1.82) is 0 Å². The van der Waals surface area contributed by atoms with Gasteiger partial charge in [-0.1, -0.05) is 96.6 Å². The summed E-state index contributed by atoms with van der Waals surface area (Å²) in [4.78, 5) is 45.4. The highest BCUT2D eigenvalue weighted by atomic mass is 32.3. The number of aliphatic hydroxyl groups is 2. The molecule has 1 fully saturated rings. The molecule has 1 aliphatic heterocycles. The highest BCUT2D eigenvalue weighted by Crippen LogP contribution is 2.37. The summed E-state index contributed by atoms with van der Waals surface area (Å²) >= 11 is 0. The van der Waals surface area contributed by atoms with Crippen LogP contribution in [-0.2, 0) is 42.4 Å². The largest absolute Gasteiger partial charge is 0.759 e. The summed E-state index contributed by atoms with van der Waals surface area (Å²) in [5.74, 6) is -5.03. The van der Waals surface area contributed by atoms with Gasteiger partial charge in [-0.05, 0) is 94.6 Å². The molecule has 364 valence electrons. The van der Waals surface area contributed by atoms with Crippen LogP contribution >= 0.6 is 0 Å². The van der Waals surface area contributed by atoms with Gasteiger partial charge in [0.05, 0.1) is 17.9 Å². The molecule has 3 aromatic carbocycles. The van der Waals surface area contributed by atoms with E-state index in [1.54, 1.807) is 5.57 Å². The first kappa shape index (κ1) is 58.6. The van der Waals surface area contributed by atoms with Crippen molar-refractivity contribution in [2.24, 2.45) is 0 Å². The molecule has 2 unspecified atom stereocenters. The van der Waals surface area contributed by atoms with Crippen molar-refractivity contribution in [1.82, 2.24) is 20.5 Å². The second-order valence-corrected chi connectivity index (χ2v) is 15.6. The molecule has 0 saturated carbocycles. The van der Waals surface area contributed by atoms with Crippen molar-refractivity contribution < 1.29 is 67.3 Å². The molecule has 8 N–H and O–H groups in total. The maximum Gasteiger partial charge on any atom is 0.328 e. The van der Waals surface area contributed by atoms with Gasteiger partial charge in [0.2, 0.25) is 0 Å². The lowest BCUT2D eigenvalue weighted by Crippen LogP contribution is -2.28. The zero-order valence-electron chi connectivity index (χ0n) is 37.9. The van der Waals surface area contributed by atoms with Gasteiger partial charge in [-0.2, -0.15) is 0 Å². The number of likely N-dealkylation sites (N-methyl/N-ethyl adjacent to an activating group) is 2. The van der Waals surface area contributed by atoms with E-state index in [1.807, 2.05) is 94.8 Å². The molecule has 4 aromatic rings. The number of piperidine rings is 1. The molecule has 1 aliphatic carbocycles. The second-order valence-electron chi connectivity index (χ2n) is 14.7. The Bertz CT molecular complexity index is 2160. The average molecular weight is 949 g/mol. The van der Waals surface area contributed by atoms with Gasteiger partial charge in [-0.15, -0.1) is 0 Å². The minimum atomic E-state index is -5.17. The first-order valence-electron chi connectivity index (χ1n) is 20.8. The van der Waals surface area contributed by atoms with Crippen LogP contribution in [-0.4, -0.2) is 128 Å². The lowest BCUT2D eigenvalue weighted by atomic mass is 9.89. The molecule has 0 amide bonds. The van der Waals surface area contributed by atoms with Gasteiger partial charge in [0.15, 0.2) is 0 Å². The monoisotopic (exact) mass is 948 g/mol. The summed E-state index contributed by atoms with van der Waals surface area (Å²) in [6, 6.07) is 32.8. The van der Waals surface area contributed by atoms with Crippen LogP contribution in [0.3, 0.4) is 0 Å². The van der Waals surface area contributed by atoms with Gasteiger partial charge in [0.1, 0.15) is 0 Å². The SMILES string of the molecule is CN1CCC(=C2c3ccccc3CCc3cccnc32)CC1.CN[C@@H](C)C(O)c1ccccc1.CN[C@@H](C)C(O)c1ccccc1.O=C(O)/C=C\C(=O)O.O=C(O)/C=C\C(=O)O.O=S(=O)([O-])[O-]. The van der Waals surface area contributed by atoms with E-state index in [0.717, 1.165) is 49.9 Å². The number of nitrogens with zero attached hydrogens (tertiary/aromatic N) is 2. The number of aromatic nitrogens is 1. The van der Waals surface area contributed by atoms with E-state index in [1.165, 1.54) is 28.0 Å². The van der Waals surface area contributed by atoms with Crippen molar-refractivity contribution in [2.45, 2.75) is 63.8 Å². The fourth-order valence-electron chi connectivity index (χ4n) is 6.22. The van der Waals surface area contributed by atoms with Gasteiger partial charge in [-0.3, -0.25) is 13.4 Å². The molecule has 0 bridgehead atoms. The molecule has 0 radical (unpaired) electrons. The molecule has 19 heteroatoms. The number of aliphatic hydroxyl groups excluding tert-OH is 2. The van der Waals surface area contributed by atoms with Gasteiger partial charge in [0.25, 0.3) is 0 Å². The Labute approximate surface area is 391 Å². The van der Waals surface area contributed by atoms with Crippen LogP contribution in [0.4, 0.5) is 0 Å². The minimum Gasteiger partial charge on any atom is -0.759 e. The zero-order chi connectivity index (χ0) is 50.5. The van der Waals surface area contributed by atoms with Gasteiger partial charge in [-0.25, -0.2) is 19.2 Å².